The van der Waals surface area contributed by atoms with Crippen LogP contribution in [0.15, 0.2) is 29.2 Å². The summed E-state index contributed by atoms with van der Waals surface area (Å²) in [6.07, 6.45) is 0. The van der Waals surface area contributed by atoms with E-state index < -0.39 is 20.2 Å². The maximum absolute atomic E-state index is 12.7. The van der Waals surface area contributed by atoms with Crippen molar-refractivity contribution in [3.8, 4) is 0 Å². The first kappa shape index (κ1) is 18.7. The fourth-order valence-corrected chi connectivity index (χ4v) is 3.90. The van der Waals surface area contributed by atoms with E-state index >= 15 is 0 Å². The summed E-state index contributed by atoms with van der Waals surface area (Å²) in [5.74, 6) is 1.92. The van der Waals surface area contributed by atoms with Gasteiger partial charge in [-0.25, -0.2) is 8.42 Å². The summed E-state index contributed by atoms with van der Waals surface area (Å²) in [7, 11) is -5.34. The van der Waals surface area contributed by atoms with E-state index in [4.69, 9.17) is 0 Å². The average Bonchev–Trinajstić information content (AvgIpc) is 2.99. The Balaban J connectivity index is 1.89. The predicted molar refractivity (Wildman–Crippen MR) is 89.6 cm³/mol. The van der Waals surface area contributed by atoms with Crippen LogP contribution in [0.2, 0.25) is 0 Å². The van der Waals surface area contributed by atoms with Crippen LogP contribution in [0.1, 0.15) is 44.4 Å². The van der Waals surface area contributed by atoms with Gasteiger partial charge in [-0.05, 0) is 31.2 Å². The number of fused-ring (bicyclic) bond motifs is 1. The van der Waals surface area contributed by atoms with Gasteiger partial charge in [0, 0.05) is 24.7 Å². The van der Waals surface area contributed by atoms with Gasteiger partial charge < -0.3 is 9.47 Å². The Morgan fingerprint density at radius 3 is 2.27 bits per heavy atom. The van der Waals surface area contributed by atoms with Crippen LogP contribution in [0.25, 0.3) is 0 Å². The lowest BCUT2D eigenvalue weighted by Gasteiger charge is -2.35. The van der Waals surface area contributed by atoms with Gasteiger partial charge in [0.15, 0.2) is 5.82 Å². The number of hydrogen-bond acceptors (Lipinski definition) is 5. The van der Waals surface area contributed by atoms with Gasteiger partial charge >= 0.3 is 5.51 Å². The highest BCUT2D eigenvalue weighted by atomic mass is 32.2. The van der Waals surface area contributed by atoms with Gasteiger partial charge in [-0.1, -0.05) is 13.8 Å². The largest absolute Gasteiger partial charge is 0.501 e. The molecule has 0 spiro atoms. The summed E-state index contributed by atoms with van der Waals surface area (Å²) in [6, 6.07) is 4.64. The van der Waals surface area contributed by atoms with E-state index in [0.717, 1.165) is 23.8 Å². The normalized spacial score (nSPS) is 18.3. The molecule has 10 heteroatoms. The minimum absolute atomic E-state index is 0.131. The topological polar surface area (TPSA) is 68.1 Å². The highest BCUT2D eigenvalue weighted by Gasteiger charge is 2.46. The van der Waals surface area contributed by atoms with E-state index in [0.29, 0.717) is 18.8 Å². The molecule has 142 valence electrons. The molecule has 1 aromatic heterocycles. The fourth-order valence-electron chi connectivity index (χ4n) is 3.14. The van der Waals surface area contributed by atoms with E-state index in [1.807, 2.05) is 25.7 Å². The zero-order chi connectivity index (χ0) is 19.3. The van der Waals surface area contributed by atoms with Gasteiger partial charge in [0.05, 0.1) is 10.9 Å². The maximum Gasteiger partial charge on any atom is 0.501 e. The molecule has 1 aromatic carbocycles. The lowest BCUT2D eigenvalue weighted by molar-refractivity contribution is -0.0436. The van der Waals surface area contributed by atoms with Crippen molar-refractivity contribution in [2.75, 3.05) is 11.4 Å². The Hall–Kier alpha value is -2.10. The number of alkyl halides is 3. The summed E-state index contributed by atoms with van der Waals surface area (Å²) in [6.45, 7) is 7.28. The summed E-state index contributed by atoms with van der Waals surface area (Å²) in [5.41, 5.74) is -4.67. The van der Waals surface area contributed by atoms with Crippen LogP contribution in [0.4, 0.5) is 18.9 Å². The summed E-state index contributed by atoms with van der Waals surface area (Å²) >= 11 is 0. The Bertz CT molecular complexity index is 905. The average molecular weight is 388 g/mol. The first-order chi connectivity index (χ1) is 12.0. The summed E-state index contributed by atoms with van der Waals surface area (Å²) in [5, 5.41) is 8.48. The molecule has 0 saturated heterocycles. The monoisotopic (exact) mass is 388 g/mol. The molecule has 0 aliphatic carbocycles. The molecule has 0 fully saturated rings. The van der Waals surface area contributed by atoms with Crippen LogP contribution >= 0.6 is 0 Å². The third kappa shape index (κ3) is 2.95. The highest BCUT2D eigenvalue weighted by Crippen LogP contribution is 2.34. The minimum atomic E-state index is -5.34. The number of nitrogens with zero attached hydrogens (tertiary/aromatic N) is 4. The molecule has 0 N–H and O–H groups in total. The quantitative estimate of drug-likeness (QED) is 0.807. The van der Waals surface area contributed by atoms with Crippen LogP contribution in [-0.2, 0) is 16.4 Å². The van der Waals surface area contributed by atoms with Crippen LogP contribution < -0.4 is 4.90 Å². The number of anilines is 1. The summed E-state index contributed by atoms with van der Waals surface area (Å²) in [4.78, 5) is 1.21. The number of rotatable bonds is 3. The first-order valence-corrected chi connectivity index (χ1v) is 9.63. The third-order valence-corrected chi connectivity index (χ3v) is 6.02. The SMILES string of the molecule is CC(C)c1nnc2n1CCN(c1ccc(S(=O)(=O)C(F)(F)F)cc1)C2C. The Kier molecular flexibility index (Phi) is 4.50. The highest BCUT2D eigenvalue weighted by molar-refractivity contribution is 7.92. The number of benzene rings is 1. The molecule has 1 aliphatic heterocycles. The molecule has 3 rings (SSSR count). The third-order valence-electron chi connectivity index (χ3n) is 4.51. The Morgan fingerprint density at radius 1 is 1.12 bits per heavy atom. The standard InChI is InChI=1S/C16H19F3N4O2S/c1-10(2)14-20-21-15-11(3)22(8-9-23(14)15)12-4-6-13(7-5-12)26(24,25)16(17,18)19/h4-7,10-11H,8-9H2,1-3H3. The minimum Gasteiger partial charge on any atom is -0.360 e. The molecule has 26 heavy (non-hydrogen) atoms. The van der Waals surface area contributed by atoms with Crippen LogP contribution in [0.3, 0.4) is 0 Å². The molecule has 0 bridgehead atoms. The maximum atomic E-state index is 12.7. The molecule has 0 radical (unpaired) electrons. The molecule has 2 aromatic rings. The van der Waals surface area contributed by atoms with Crippen molar-refractivity contribution < 1.29 is 21.6 Å². The first-order valence-electron chi connectivity index (χ1n) is 8.15. The number of halogens is 3. The number of aromatic nitrogens is 3. The van der Waals surface area contributed by atoms with E-state index in [9.17, 15) is 21.6 Å². The van der Waals surface area contributed by atoms with Crippen LogP contribution in [-0.4, -0.2) is 35.2 Å². The molecular weight excluding hydrogens is 369 g/mol. The second-order valence-corrected chi connectivity index (χ2v) is 8.48. The second kappa shape index (κ2) is 6.26. The van der Waals surface area contributed by atoms with Gasteiger partial charge in [-0.15, -0.1) is 10.2 Å². The molecule has 1 unspecified atom stereocenters. The van der Waals surface area contributed by atoms with Crippen molar-refractivity contribution in [3.63, 3.8) is 0 Å². The van der Waals surface area contributed by atoms with Crippen LogP contribution in [0.5, 0.6) is 0 Å². The van der Waals surface area contributed by atoms with Crippen molar-refractivity contribution in [2.45, 2.75) is 49.7 Å². The zero-order valence-electron chi connectivity index (χ0n) is 14.5. The molecule has 1 atom stereocenters. The summed E-state index contributed by atoms with van der Waals surface area (Å²) < 4.78 is 63.0. The van der Waals surface area contributed by atoms with Crippen molar-refractivity contribution in [1.82, 2.24) is 14.8 Å². The molecular formula is C16H19F3N4O2S. The smallest absolute Gasteiger partial charge is 0.360 e. The van der Waals surface area contributed by atoms with Gasteiger partial charge in [0.25, 0.3) is 9.84 Å². The molecule has 6 nitrogen and oxygen atoms in total. The lowest BCUT2D eigenvalue weighted by atomic mass is 10.1. The molecule has 0 amide bonds. The van der Waals surface area contributed by atoms with Crippen molar-refractivity contribution in [1.29, 1.82) is 0 Å². The fraction of sp³-hybridized carbons (Fsp3) is 0.500. The van der Waals surface area contributed by atoms with Crippen molar-refractivity contribution in [2.24, 2.45) is 0 Å². The molecule has 0 saturated carbocycles. The Morgan fingerprint density at radius 2 is 1.73 bits per heavy atom. The zero-order valence-corrected chi connectivity index (χ0v) is 15.3. The lowest BCUT2D eigenvalue weighted by Crippen LogP contribution is -2.37. The van der Waals surface area contributed by atoms with Gasteiger partial charge in [0.1, 0.15) is 5.82 Å². The van der Waals surface area contributed by atoms with E-state index in [1.165, 1.54) is 12.1 Å². The van der Waals surface area contributed by atoms with Gasteiger partial charge in [-0.2, -0.15) is 13.2 Å². The second-order valence-electron chi connectivity index (χ2n) is 6.54. The molecule has 2 heterocycles. The van der Waals surface area contributed by atoms with Crippen molar-refractivity contribution in [3.05, 3.63) is 35.9 Å². The van der Waals surface area contributed by atoms with E-state index in [-0.39, 0.29) is 12.0 Å². The predicted octanol–water partition coefficient (Wildman–Crippen LogP) is 3.28. The van der Waals surface area contributed by atoms with Crippen molar-refractivity contribution >= 4 is 15.5 Å². The van der Waals surface area contributed by atoms with Gasteiger partial charge in [0.2, 0.25) is 0 Å². The number of sulfone groups is 1. The van der Waals surface area contributed by atoms with Crippen LogP contribution in [0, 0.1) is 0 Å². The molecule has 1 aliphatic rings. The van der Waals surface area contributed by atoms with E-state index in [2.05, 4.69) is 14.8 Å². The Labute approximate surface area is 149 Å². The van der Waals surface area contributed by atoms with Gasteiger partial charge in [-0.3, -0.25) is 0 Å². The number of hydrogen-bond donors (Lipinski definition) is 0. The van der Waals surface area contributed by atoms with E-state index in [1.54, 1.807) is 0 Å².